The quantitative estimate of drug-likeness (QED) is 0.910. The van der Waals surface area contributed by atoms with Crippen molar-refractivity contribution in [2.45, 2.75) is 6.54 Å². The first-order valence-corrected chi connectivity index (χ1v) is 6.10. The number of nitrogens with one attached hydrogen (secondary N) is 1. The molecule has 1 N–H and O–H groups in total. The summed E-state index contributed by atoms with van der Waals surface area (Å²) in [6, 6.07) is 15.8. The molecule has 0 fully saturated rings. The number of nitrogens with zero attached hydrogens (tertiary/aromatic N) is 1. The Morgan fingerprint density at radius 1 is 1.16 bits per heavy atom. The zero-order valence-electron chi connectivity index (χ0n) is 11.1. The average molecular weight is 252 g/mol. The van der Waals surface area contributed by atoms with Crippen molar-refractivity contribution < 1.29 is 4.74 Å². The van der Waals surface area contributed by atoms with Gasteiger partial charge in [-0.25, -0.2) is 0 Å². The molecule has 0 saturated carbocycles. The van der Waals surface area contributed by atoms with Crippen LogP contribution in [0.3, 0.4) is 0 Å². The largest absolute Gasteiger partial charge is 0.496 e. The second kappa shape index (κ2) is 6.03. The highest BCUT2D eigenvalue weighted by molar-refractivity contribution is 5.72. The van der Waals surface area contributed by atoms with E-state index in [0.717, 1.165) is 23.4 Å². The fourth-order valence-electron chi connectivity index (χ4n) is 2.01. The minimum atomic E-state index is 0.634. The topological polar surface area (TPSA) is 45.0 Å². The summed E-state index contributed by atoms with van der Waals surface area (Å²) in [4.78, 5) is 0. The van der Waals surface area contributed by atoms with Gasteiger partial charge in [-0.15, -0.1) is 0 Å². The van der Waals surface area contributed by atoms with Gasteiger partial charge in [0.15, 0.2) is 0 Å². The Balaban J connectivity index is 2.42. The molecule has 0 aromatic heterocycles. The number of hydrogen-bond donors (Lipinski definition) is 1. The number of rotatable bonds is 4. The van der Waals surface area contributed by atoms with Crippen LogP contribution in [0.4, 0.5) is 0 Å². The van der Waals surface area contributed by atoms with E-state index in [2.05, 4.69) is 23.5 Å². The molecule has 0 atom stereocenters. The Hall–Kier alpha value is -2.31. The van der Waals surface area contributed by atoms with Gasteiger partial charge >= 0.3 is 0 Å². The summed E-state index contributed by atoms with van der Waals surface area (Å²) in [6.45, 7) is 0.843. The summed E-state index contributed by atoms with van der Waals surface area (Å²) >= 11 is 0. The van der Waals surface area contributed by atoms with Crippen LogP contribution in [-0.2, 0) is 6.54 Å². The van der Waals surface area contributed by atoms with Gasteiger partial charge in [-0.05, 0) is 36.4 Å². The van der Waals surface area contributed by atoms with Crippen molar-refractivity contribution >= 4 is 0 Å². The molecular weight excluding hydrogens is 236 g/mol. The van der Waals surface area contributed by atoms with Gasteiger partial charge in [0.2, 0.25) is 0 Å². The second-order valence-corrected chi connectivity index (χ2v) is 4.25. The Labute approximate surface area is 113 Å². The Morgan fingerprint density at radius 2 is 1.89 bits per heavy atom. The molecule has 0 spiro atoms. The predicted molar refractivity (Wildman–Crippen MR) is 75.9 cm³/mol. The minimum Gasteiger partial charge on any atom is -0.496 e. The van der Waals surface area contributed by atoms with Crippen molar-refractivity contribution in [3.63, 3.8) is 0 Å². The maximum Gasteiger partial charge on any atom is 0.126 e. The lowest BCUT2D eigenvalue weighted by Gasteiger charge is -2.10. The Kier molecular flexibility index (Phi) is 4.17. The molecule has 2 rings (SSSR count). The van der Waals surface area contributed by atoms with E-state index in [0.29, 0.717) is 5.56 Å². The van der Waals surface area contributed by atoms with Crippen LogP contribution in [0.2, 0.25) is 0 Å². The average Bonchev–Trinajstić information content (AvgIpc) is 2.47. The number of benzene rings is 2. The number of hydrogen-bond acceptors (Lipinski definition) is 3. The van der Waals surface area contributed by atoms with Crippen LogP contribution in [0.1, 0.15) is 11.1 Å². The van der Waals surface area contributed by atoms with Gasteiger partial charge in [0.1, 0.15) is 5.75 Å². The maximum atomic E-state index is 8.99. The van der Waals surface area contributed by atoms with E-state index in [1.54, 1.807) is 13.2 Å². The lowest BCUT2D eigenvalue weighted by atomic mass is 10.0. The Bertz CT molecular complexity index is 597. The molecule has 2 aromatic carbocycles. The molecule has 0 aliphatic heterocycles. The summed E-state index contributed by atoms with van der Waals surface area (Å²) < 4.78 is 5.36. The molecule has 19 heavy (non-hydrogen) atoms. The van der Waals surface area contributed by atoms with Gasteiger partial charge in [0, 0.05) is 12.1 Å². The monoisotopic (exact) mass is 252 g/mol. The fourth-order valence-corrected chi connectivity index (χ4v) is 2.01. The van der Waals surface area contributed by atoms with E-state index in [4.69, 9.17) is 10.00 Å². The standard InChI is InChI=1S/C16H16N2O/c1-18-11-12-3-6-14(7-4-12)15-9-13(10-17)5-8-16(15)19-2/h3-9,18H,11H2,1-2H3. The van der Waals surface area contributed by atoms with Crippen LogP contribution >= 0.6 is 0 Å². The van der Waals surface area contributed by atoms with Crippen molar-refractivity contribution in [2.75, 3.05) is 14.2 Å². The first-order chi connectivity index (χ1) is 9.28. The lowest BCUT2D eigenvalue weighted by molar-refractivity contribution is 0.416. The third kappa shape index (κ3) is 2.93. The van der Waals surface area contributed by atoms with Crippen LogP contribution in [0.5, 0.6) is 5.75 Å². The third-order valence-corrected chi connectivity index (χ3v) is 2.97. The summed E-state index contributed by atoms with van der Waals surface area (Å²) in [7, 11) is 3.56. The maximum absolute atomic E-state index is 8.99. The molecule has 3 heteroatoms. The molecule has 0 radical (unpaired) electrons. The highest BCUT2D eigenvalue weighted by Gasteiger charge is 2.07. The van der Waals surface area contributed by atoms with Crippen molar-refractivity contribution in [2.24, 2.45) is 0 Å². The second-order valence-electron chi connectivity index (χ2n) is 4.25. The van der Waals surface area contributed by atoms with Gasteiger partial charge in [0.05, 0.1) is 18.7 Å². The SMILES string of the molecule is CNCc1ccc(-c2cc(C#N)ccc2OC)cc1. The van der Waals surface area contributed by atoms with Gasteiger partial charge in [0.25, 0.3) is 0 Å². The van der Waals surface area contributed by atoms with E-state index >= 15 is 0 Å². The summed E-state index contributed by atoms with van der Waals surface area (Å²) in [5.74, 6) is 0.778. The van der Waals surface area contributed by atoms with Crippen LogP contribution in [0.25, 0.3) is 11.1 Å². The predicted octanol–water partition coefficient (Wildman–Crippen LogP) is 2.95. The van der Waals surface area contributed by atoms with E-state index in [-0.39, 0.29) is 0 Å². The van der Waals surface area contributed by atoms with Crippen LogP contribution < -0.4 is 10.1 Å². The van der Waals surface area contributed by atoms with Gasteiger partial charge < -0.3 is 10.1 Å². The summed E-state index contributed by atoms with van der Waals surface area (Å²) in [6.07, 6.45) is 0. The zero-order chi connectivity index (χ0) is 13.7. The van der Waals surface area contributed by atoms with Gasteiger partial charge in [-0.3, -0.25) is 0 Å². The van der Waals surface area contributed by atoms with Crippen molar-refractivity contribution in [1.82, 2.24) is 5.32 Å². The van der Waals surface area contributed by atoms with Crippen LogP contribution in [0, 0.1) is 11.3 Å². The number of nitriles is 1. The molecule has 0 saturated heterocycles. The molecule has 0 aliphatic carbocycles. The molecular formula is C16H16N2O. The Morgan fingerprint density at radius 3 is 2.47 bits per heavy atom. The fraction of sp³-hybridized carbons (Fsp3) is 0.188. The third-order valence-electron chi connectivity index (χ3n) is 2.97. The highest BCUT2D eigenvalue weighted by atomic mass is 16.5. The number of methoxy groups -OCH3 is 1. The molecule has 96 valence electrons. The normalized spacial score (nSPS) is 9.95. The lowest BCUT2D eigenvalue weighted by Crippen LogP contribution is -2.04. The molecule has 0 bridgehead atoms. The molecule has 3 nitrogen and oxygen atoms in total. The highest BCUT2D eigenvalue weighted by Crippen LogP contribution is 2.30. The first-order valence-electron chi connectivity index (χ1n) is 6.10. The van der Waals surface area contributed by atoms with E-state index in [1.165, 1.54) is 5.56 Å². The minimum absolute atomic E-state index is 0.634. The van der Waals surface area contributed by atoms with Crippen LogP contribution in [-0.4, -0.2) is 14.2 Å². The van der Waals surface area contributed by atoms with Crippen LogP contribution in [0.15, 0.2) is 42.5 Å². The molecule has 0 heterocycles. The van der Waals surface area contributed by atoms with Gasteiger partial charge in [-0.2, -0.15) is 5.26 Å². The van der Waals surface area contributed by atoms with Crippen molar-refractivity contribution in [1.29, 1.82) is 5.26 Å². The van der Waals surface area contributed by atoms with Crippen molar-refractivity contribution in [3.8, 4) is 22.9 Å². The smallest absolute Gasteiger partial charge is 0.126 e. The van der Waals surface area contributed by atoms with E-state index < -0.39 is 0 Å². The zero-order valence-corrected chi connectivity index (χ0v) is 11.1. The first kappa shape index (κ1) is 13.1. The summed E-state index contributed by atoms with van der Waals surface area (Å²) in [5.41, 5.74) is 3.85. The molecule has 0 amide bonds. The number of ether oxygens (including phenoxy) is 1. The van der Waals surface area contributed by atoms with E-state index in [9.17, 15) is 0 Å². The molecule has 0 aliphatic rings. The van der Waals surface area contributed by atoms with Crippen molar-refractivity contribution in [3.05, 3.63) is 53.6 Å². The van der Waals surface area contributed by atoms with Gasteiger partial charge in [-0.1, -0.05) is 24.3 Å². The van der Waals surface area contributed by atoms with E-state index in [1.807, 2.05) is 31.3 Å². The summed E-state index contributed by atoms with van der Waals surface area (Å²) in [5, 5.41) is 12.1. The molecule has 0 unspecified atom stereocenters. The molecule has 2 aromatic rings.